The van der Waals surface area contributed by atoms with Crippen molar-refractivity contribution < 1.29 is 17.6 Å². The van der Waals surface area contributed by atoms with Gasteiger partial charge in [-0.3, -0.25) is 4.79 Å². The number of amides is 1. The molecule has 1 amide bonds. The number of hydrogen-bond acceptors (Lipinski definition) is 4. The average Bonchev–Trinajstić information content (AvgIpc) is 2.69. The second-order valence-corrected chi connectivity index (χ2v) is 7.49. The lowest BCUT2D eigenvalue weighted by atomic mass is 9.95. The lowest BCUT2D eigenvalue weighted by Gasteiger charge is -2.18. The molecule has 5 nitrogen and oxygen atoms in total. The molecule has 1 unspecified atom stereocenters. The summed E-state index contributed by atoms with van der Waals surface area (Å²) in [6.07, 6.45) is 1.14. The van der Waals surface area contributed by atoms with Gasteiger partial charge in [0.25, 0.3) is 0 Å². The molecule has 2 rings (SSSR count). The Hall–Kier alpha value is -1.63. The van der Waals surface area contributed by atoms with Crippen LogP contribution in [0.25, 0.3) is 0 Å². The highest BCUT2D eigenvalue weighted by atomic mass is 32.2. The largest absolute Gasteiger partial charge is 0.384 e. The number of carbonyl (C=O) groups is 1. The molecular weight excluding hydrogens is 283 g/mol. The van der Waals surface area contributed by atoms with Gasteiger partial charge >= 0.3 is 0 Å². The molecule has 0 aliphatic carbocycles. The van der Waals surface area contributed by atoms with Crippen molar-refractivity contribution in [1.29, 1.82) is 0 Å². The van der Waals surface area contributed by atoms with Crippen LogP contribution in [0.2, 0.25) is 0 Å². The Morgan fingerprint density at radius 1 is 1.55 bits per heavy atom. The smallest absolute Gasteiger partial charge is 0.218 e. The van der Waals surface area contributed by atoms with Crippen molar-refractivity contribution in [2.45, 2.75) is 24.0 Å². The van der Waals surface area contributed by atoms with E-state index in [1.54, 1.807) is 6.07 Å². The third-order valence-corrected chi connectivity index (χ3v) is 5.14. The van der Waals surface area contributed by atoms with Gasteiger partial charge in [0.05, 0.1) is 5.25 Å². The fraction of sp³-hybridized carbons (Fsp3) is 0.462. The molecule has 0 saturated heterocycles. The van der Waals surface area contributed by atoms with Crippen LogP contribution in [-0.2, 0) is 14.6 Å². The SMILES string of the molecule is CS(=O)(=O)[C@H](CC(N)=O)CC1CNc2ccc(F)cc21. The second-order valence-electron chi connectivity index (χ2n) is 5.17. The fourth-order valence-electron chi connectivity index (χ4n) is 2.54. The Bertz CT molecular complexity index is 631. The average molecular weight is 300 g/mol. The first kappa shape index (κ1) is 14.8. The summed E-state index contributed by atoms with van der Waals surface area (Å²) in [6.45, 7) is 0.531. The Kier molecular flexibility index (Phi) is 3.99. The van der Waals surface area contributed by atoms with Crippen LogP contribution in [0, 0.1) is 5.82 Å². The molecule has 0 fully saturated rings. The van der Waals surface area contributed by atoms with Crippen molar-refractivity contribution in [2.75, 3.05) is 18.1 Å². The molecule has 20 heavy (non-hydrogen) atoms. The maximum Gasteiger partial charge on any atom is 0.218 e. The maximum atomic E-state index is 13.3. The Morgan fingerprint density at radius 2 is 2.25 bits per heavy atom. The van der Waals surface area contributed by atoms with Crippen LogP contribution in [0.1, 0.15) is 24.3 Å². The van der Waals surface area contributed by atoms with Crippen LogP contribution in [0.4, 0.5) is 10.1 Å². The van der Waals surface area contributed by atoms with Crippen LogP contribution in [0.5, 0.6) is 0 Å². The van der Waals surface area contributed by atoms with Crippen molar-refractivity contribution in [3.05, 3.63) is 29.6 Å². The quantitative estimate of drug-likeness (QED) is 0.849. The minimum absolute atomic E-state index is 0.139. The van der Waals surface area contributed by atoms with E-state index >= 15 is 0 Å². The van der Waals surface area contributed by atoms with Crippen LogP contribution in [0.15, 0.2) is 18.2 Å². The van der Waals surface area contributed by atoms with Gasteiger partial charge in [-0.1, -0.05) is 0 Å². The summed E-state index contributed by atoms with van der Waals surface area (Å²) in [5.41, 5.74) is 6.66. The number of nitrogens with one attached hydrogen (secondary N) is 1. The molecule has 0 bridgehead atoms. The number of sulfone groups is 1. The predicted molar refractivity (Wildman–Crippen MR) is 74.7 cm³/mol. The molecule has 0 radical (unpaired) electrons. The van der Waals surface area contributed by atoms with Crippen molar-refractivity contribution >= 4 is 21.4 Å². The second kappa shape index (κ2) is 5.40. The van der Waals surface area contributed by atoms with Crippen molar-refractivity contribution in [3.63, 3.8) is 0 Å². The summed E-state index contributed by atoms with van der Waals surface area (Å²) in [7, 11) is -3.38. The molecule has 1 aromatic rings. The molecular formula is C13H17FN2O3S. The molecule has 2 atom stereocenters. The third kappa shape index (κ3) is 3.27. The van der Waals surface area contributed by atoms with E-state index in [0.717, 1.165) is 17.5 Å². The Labute approximate surface area is 117 Å². The molecule has 1 aliphatic rings. The number of carbonyl (C=O) groups excluding carboxylic acids is 1. The molecule has 0 spiro atoms. The number of fused-ring (bicyclic) bond motifs is 1. The van der Waals surface area contributed by atoms with Gasteiger partial charge in [0, 0.05) is 30.8 Å². The van der Waals surface area contributed by atoms with Crippen LogP contribution >= 0.6 is 0 Å². The third-order valence-electron chi connectivity index (χ3n) is 3.57. The van der Waals surface area contributed by atoms with E-state index in [9.17, 15) is 17.6 Å². The van der Waals surface area contributed by atoms with E-state index in [1.807, 2.05) is 0 Å². The van der Waals surface area contributed by atoms with Crippen molar-refractivity contribution in [2.24, 2.45) is 5.73 Å². The zero-order chi connectivity index (χ0) is 14.9. The first-order valence-electron chi connectivity index (χ1n) is 6.28. The topological polar surface area (TPSA) is 89.3 Å². The summed E-state index contributed by atoms with van der Waals surface area (Å²) in [4.78, 5) is 11.0. The minimum atomic E-state index is -3.38. The van der Waals surface area contributed by atoms with Crippen LogP contribution in [-0.4, -0.2) is 32.4 Å². The summed E-state index contributed by atoms with van der Waals surface area (Å²) >= 11 is 0. The van der Waals surface area contributed by atoms with E-state index in [-0.39, 0.29) is 24.6 Å². The number of anilines is 1. The van der Waals surface area contributed by atoms with E-state index < -0.39 is 21.0 Å². The van der Waals surface area contributed by atoms with Gasteiger partial charge in [0.2, 0.25) is 5.91 Å². The maximum absolute atomic E-state index is 13.3. The number of nitrogens with two attached hydrogens (primary N) is 1. The fourth-order valence-corrected chi connectivity index (χ4v) is 3.59. The van der Waals surface area contributed by atoms with Gasteiger partial charge in [-0.25, -0.2) is 12.8 Å². The van der Waals surface area contributed by atoms with Gasteiger partial charge in [0.1, 0.15) is 5.82 Å². The van der Waals surface area contributed by atoms with Gasteiger partial charge in [-0.2, -0.15) is 0 Å². The summed E-state index contributed by atoms with van der Waals surface area (Å²) in [6, 6.07) is 4.39. The first-order chi connectivity index (χ1) is 9.27. The summed E-state index contributed by atoms with van der Waals surface area (Å²) < 4.78 is 36.8. The molecule has 0 saturated carbocycles. The summed E-state index contributed by atoms with van der Waals surface area (Å²) in [5.74, 6) is -1.14. The van der Waals surface area contributed by atoms with E-state index in [4.69, 9.17) is 5.73 Å². The molecule has 3 N–H and O–H groups in total. The number of primary amides is 1. The van der Waals surface area contributed by atoms with Crippen molar-refractivity contribution in [3.8, 4) is 0 Å². The zero-order valence-corrected chi connectivity index (χ0v) is 11.9. The van der Waals surface area contributed by atoms with Gasteiger partial charge in [-0.05, 0) is 30.2 Å². The molecule has 110 valence electrons. The minimum Gasteiger partial charge on any atom is -0.384 e. The van der Waals surface area contributed by atoms with E-state index in [2.05, 4.69) is 5.32 Å². The molecule has 7 heteroatoms. The zero-order valence-electron chi connectivity index (χ0n) is 11.1. The van der Waals surface area contributed by atoms with Gasteiger partial charge < -0.3 is 11.1 Å². The van der Waals surface area contributed by atoms with Crippen molar-refractivity contribution in [1.82, 2.24) is 0 Å². The Morgan fingerprint density at radius 3 is 2.85 bits per heavy atom. The number of rotatable bonds is 5. The highest BCUT2D eigenvalue weighted by Crippen LogP contribution is 2.36. The highest BCUT2D eigenvalue weighted by molar-refractivity contribution is 7.91. The van der Waals surface area contributed by atoms with E-state index in [1.165, 1.54) is 12.1 Å². The van der Waals surface area contributed by atoms with Gasteiger partial charge in [-0.15, -0.1) is 0 Å². The molecule has 1 aliphatic heterocycles. The molecule has 1 aromatic carbocycles. The van der Waals surface area contributed by atoms with Crippen LogP contribution in [0.3, 0.4) is 0 Å². The number of halogens is 1. The Balaban J connectivity index is 2.22. The first-order valence-corrected chi connectivity index (χ1v) is 8.23. The van der Waals surface area contributed by atoms with Crippen LogP contribution < -0.4 is 11.1 Å². The van der Waals surface area contributed by atoms with Gasteiger partial charge in [0.15, 0.2) is 9.84 Å². The lowest BCUT2D eigenvalue weighted by Crippen LogP contribution is -2.29. The highest BCUT2D eigenvalue weighted by Gasteiger charge is 2.31. The molecule has 0 aromatic heterocycles. The lowest BCUT2D eigenvalue weighted by molar-refractivity contribution is -0.118. The van der Waals surface area contributed by atoms with E-state index in [0.29, 0.717) is 6.54 Å². The predicted octanol–water partition coefficient (Wildman–Crippen LogP) is 1.01. The standard InChI is InChI=1S/C13H17FN2O3S/c1-20(18,19)10(6-13(15)17)4-8-7-16-12-3-2-9(14)5-11(8)12/h2-3,5,8,10,16H,4,6-7H2,1H3,(H2,15,17)/t8?,10-/m0/s1. The number of benzene rings is 1. The number of hydrogen-bond donors (Lipinski definition) is 2. The molecule has 1 heterocycles. The normalized spacial score (nSPS) is 19.2. The monoisotopic (exact) mass is 300 g/mol. The summed E-state index contributed by atoms with van der Waals surface area (Å²) in [5, 5.41) is 2.28.